The zero-order valence-corrected chi connectivity index (χ0v) is 12.8. The predicted octanol–water partition coefficient (Wildman–Crippen LogP) is 2.75. The standard InChI is InChI=1S/C17H27N3/c1-13(12-18)15-8-6-7-14(19-15)11-16(2)17(20-16)9-4-3-5-10-17/h6-8,13,20H,3-5,9-12,18H2,1-2H3. The number of rotatable bonds is 4. The van der Waals surface area contributed by atoms with Gasteiger partial charge in [0.05, 0.1) is 0 Å². The lowest BCUT2D eigenvalue weighted by Crippen LogP contribution is -2.28. The summed E-state index contributed by atoms with van der Waals surface area (Å²) in [6, 6.07) is 6.39. The highest BCUT2D eigenvalue weighted by molar-refractivity contribution is 5.29. The van der Waals surface area contributed by atoms with E-state index in [-0.39, 0.29) is 5.54 Å². The Morgan fingerprint density at radius 2 is 2.05 bits per heavy atom. The van der Waals surface area contributed by atoms with E-state index in [9.17, 15) is 0 Å². The first kappa shape index (κ1) is 14.0. The van der Waals surface area contributed by atoms with Crippen molar-refractivity contribution in [3.63, 3.8) is 0 Å². The van der Waals surface area contributed by atoms with E-state index >= 15 is 0 Å². The maximum absolute atomic E-state index is 5.75. The number of hydrogen-bond donors (Lipinski definition) is 2. The van der Waals surface area contributed by atoms with Crippen LogP contribution in [-0.2, 0) is 6.42 Å². The molecule has 20 heavy (non-hydrogen) atoms. The summed E-state index contributed by atoms with van der Waals surface area (Å²) in [5.74, 6) is 0.346. The molecule has 1 saturated carbocycles. The quantitative estimate of drug-likeness (QED) is 0.829. The molecule has 2 unspecified atom stereocenters. The smallest absolute Gasteiger partial charge is 0.0447 e. The van der Waals surface area contributed by atoms with E-state index in [2.05, 4.69) is 37.4 Å². The van der Waals surface area contributed by atoms with Gasteiger partial charge in [0.2, 0.25) is 0 Å². The van der Waals surface area contributed by atoms with Gasteiger partial charge in [-0.3, -0.25) is 4.98 Å². The topological polar surface area (TPSA) is 60.9 Å². The molecular weight excluding hydrogens is 246 g/mol. The van der Waals surface area contributed by atoms with Gasteiger partial charge in [-0.1, -0.05) is 32.3 Å². The molecule has 110 valence electrons. The van der Waals surface area contributed by atoms with Crippen molar-refractivity contribution in [3.05, 3.63) is 29.6 Å². The SMILES string of the molecule is CC(CN)c1cccc(CC2(C)NC23CCCCC3)n1. The maximum atomic E-state index is 5.75. The summed E-state index contributed by atoms with van der Waals surface area (Å²) in [4.78, 5) is 4.83. The van der Waals surface area contributed by atoms with Crippen LogP contribution >= 0.6 is 0 Å². The van der Waals surface area contributed by atoms with Crippen LogP contribution in [0, 0.1) is 0 Å². The van der Waals surface area contributed by atoms with Crippen LogP contribution in [0.1, 0.15) is 63.3 Å². The second-order valence-electron chi connectivity index (χ2n) is 6.97. The third kappa shape index (κ3) is 2.38. The fourth-order valence-electron chi connectivity index (χ4n) is 3.90. The minimum atomic E-state index is 0.255. The molecule has 0 bridgehead atoms. The van der Waals surface area contributed by atoms with E-state index in [1.165, 1.54) is 37.8 Å². The van der Waals surface area contributed by atoms with Crippen molar-refractivity contribution in [1.29, 1.82) is 0 Å². The molecular formula is C17H27N3. The zero-order chi connectivity index (χ0) is 14.2. The van der Waals surface area contributed by atoms with E-state index in [0.29, 0.717) is 18.0 Å². The first-order valence-corrected chi connectivity index (χ1v) is 8.04. The molecule has 2 atom stereocenters. The Morgan fingerprint density at radius 1 is 1.30 bits per heavy atom. The van der Waals surface area contributed by atoms with Gasteiger partial charge in [-0.25, -0.2) is 0 Å². The average Bonchev–Trinajstić information content (AvgIpc) is 3.01. The van der Waals surface area contributed by atoms with Crippen molar-refractivity contribution < 1.29 is 0 Å². The molecule has 0 radical (unpaired) electrons. The van der Waals surface area contributed by atoms with Gasteiger partial charge in [0, 0.05) is 41.3 Å². The Balaban J connectivity index is 1.72. The second kappa shape index (κ2) is 5.12. The summed E-state index contributed by atoms with van der Waals surface area (Å²) in [7, 11) is 0. The van der Waals surface area contributed by atoms with Crippen molar-refractivity contribution >= 4 is 0 Å². The van der Waals surface area contributed by atoms with E-state index in [4.69, 9.17) is 10.7 Å². The summed E-state index contributed by atoms with van der Waals surface area (Å²) in [5.41, 5.74) is 8.75. The van der Waals surface area contributed by atoms with E-state index in [1.54, 1.807) is 0 Å². The molecule has 3 rings (SSSR count). The van der Waals surface area contributed by atoms with Crippen LogP contribution in [0.2, 0.25) is 0 Å². The van der Waals surface area contributed by atoms with Crippen LogP contribution in [0.15, 0.2) is 18.2 Å². The molecule has 1 saturated heterocycles. The highest BCUT2D eigenvalue weighted by atomic mass is 15.3. The molecule has 3 nitrogen and oxygen atoms in total. The Bertz CT molecular complexity index is 479. The maximum Gasteiger partial charge on any atom is 0.0447 e. The highest BCUT2D eigenvalue weighted by Gasteiger charge is 2.62. The number of pyridine rings is 1. The average molecular weight is 273 g/mol. The molecule has 2 aliphatic rings. The van der Waals surface area contributed by atoms with Gasteiger partial charge in [0.1, 0.15) is 0 Å². The lowest BCUT2D eigenvalue weighted by atomic mass is 9.79. The predicted molar refractivity (Wildman–Crippen MR) is 82.8 cm³/mol. The van der Waals surface area contributed by atoms with Gasteiger partial charge < -0.3 is 11.1 Å². The zero-order valence-electron chi connectivity index (χ0n) is 12.8. The summed E-state index contributed by atoms with van der Waals surface area (Å²) >= 11 is 0. The molecule has 1 spiro atoms. The van der Waals surface area contributed by atoms with Gasteiger partial charge in [-0.05, 0) is 31.9 Å². The minimum absolute atomic E-state index is 0.255. The number of nitrogens with two attached hydrogens (primary N) is 1. The number of aromatic nitrogens is 1. The fourth-order valence-corrected chi connectivity index (χ4v) is 3.90. The largest absolute Gasteiger partial charge is 0.330 e. The summed E-state index contributed by atoms with van der Waals surface area (Å²) in [6.07, 6.45) is 7.87. The molecule has 0 amide bonds. The Hall–Kier alpha value is -0.930. The lowest BCUT2D eigenvalue weighted by molar-refractivity contribution is 0.371. The summed E-state index contributed by atoms with van der Waals surface area (Å²) < 4.78 is 0. The second-order valence-corrected chi connectivity index (χ2v) is 6.97. The molecule has 1 aliphatic carbocycles. The number of nitrogens with zero attached hydrogens (tertiary/aromatic N) is 1. The monoisotopic (exact) mass is 273 g/mol. The molecule has 2 fully saturated rings. The normalized spacial score (nSPS) is 29.4. The summed E-state index contributed by atoms with van der Waals surface area (Å²) in [5, 5.41) is 3.81. The van der Waals surface area contributed by atoms with E-state index < -0.39 is 0 Å². The van der Waals surface area contributed by atoms with Gasteiger partial charge in [-0.2, -0.15) is 0 Å². The van der Waals surface area contributed by atoms with Crippen LogP contribution in [0.25, 0.3) is 0 Å². The van der Waals surface area contributed by atoms with Crippen LogP contribution in [0.4, 0.5) is 0 Å². The van der Waals surface area contributed by atoms with Crippen molar-refractivity contribution in [1.82, 2.24) is 10.3 Å². The van der Waals surface area contributed by atoms with Gasteiger partial charge >= 0.3 is 0 Å². The van der Waals surface area contributed by atoms with Gasteiger partial charge in [0.15, 0.2) is 0 Å². The first-order chi connectivity index (χ1) is 9.59. The highest BCUT2D eigenvalue weighted by Crippen LogP contribution is 2.50. The van der Waals surface area contributed by atoms with E-state index in [1.807, 2.05) is 0 Å². The Labute approximate surface area is 122 Å². The molecule has 1 aliphatic heterocycles. The lowest BCUT2D eigenvalue weighted by Gasteiger charge is -2.24. The molecule has 1 aromatic rings. The molecule has 0 aromatic carbocycles. The fraction of sp³-hybridized carbons (Fsp3) is 0.706. The molecule has 3 heteroatoms. The number of nitrogens with one attached hydrogen (secondary N) is 1. The van der Waals surface area contributed by atoms with E-state index in [0.717, 1.165) is 12.1 Å². The third-order valence-corrected chi connectivity index (χ3v) is 5.44. The van der Waals surface area contributed by atoms with Crippen LogP contribution < -0.4 is 11.1 Å². The van der Waals surface area contributed by atoms with Crippen molar-refractivity contribution in [2.45, 2.75) is 69.4 Å². The van der Waals surface area contributed by atoms with Gasteiger partial charge in [0.25, 0.3) is 0 Å². The van der Waals surface area contributed by atoms with Crippen LogP contribution in [0.5, 0.6) is 0 Å². The third-order valence-electron chi connectivity index (χ3n) is 5.44. The summed E-state index contributed by atoms with van der Waals surface area (Å²) in [6.45, 7) is 5.18. The Morgan fingerprint density at radius 3 is 2.75 bits per heavy atom. The Kier molecular flexibility index (Phi) is 3.59. The van der Waals surface area contributed by atoms with Crippen LogP contribution in [0.3, 0.4) is 0 Å². The molecule has 2 heterocycles. The van der Waals surface area contributed by atoms with Crippen molar-refractivity contribution in [3.8, 4) is 0 Å². The minimum Gasteiger partial charge on any atom is -0.330 e. The van der Waals surface area contributed by atoms with Gasteiger partial charge in [-0.15, -0.1) is 0 Å². The molecule has 3 N–H and O–H groups in total. The molecule has 1 aromatic heterocycles. The van der Waals surface area contributed by atoms with Crippen molar-refractivity contribution in [2.24, 2.45) is 5.73 Å². The van der Waals surface area contributed by atoms with Crippen LogP contribution in [-0.4, -0.2) is 22.6 Å². The number of hydrogen-bond acceptors (Lipinski definition) is 3. The first-order valence-electron chi connectivity index (χ1n) is 8.04. The van der Waals surface area contributed by atoms with Crippen molar-refractivity contribution in [2.75, 3.05) is 6.54 Å².